The van der Waals surface area contributed by atoms with Gasteiger partial charge in [-0.2, -0.15) is 0 Å². The molecule has 51 heavy (non-hydrogen) atoms. The van der Waals surface area contributed by atoms with Crippen LogP contribution in [0.15, 0.2) is 113 Å². The molecule has 0 saturated carbocycles. The topological polar surface area (TPSA) is 137 Å². The molecule has 0 radical (unpaired) electrons. The van der Waals surface area contributed by atoms with Gasteiger partial charge in [0.05, 0.1) is 50.0 Å². The lowest BCUT2D eigenvalue weighted by Gasteiger charge is -2.18. The van der Waals surface area contributed by atoms with E-state index in [0.29, 0.717) is 22.6 Å². The van der Waals surface area contributed by atoms with Crippen molar-refractivity contribution in [3.05, 3.63) is 136 Å². The van der Waals surface area contributed by atoms with E-state index in [1.54, 1.807) is 43.9 Å². The highest BCUT2D eigenvalue weighted by Crippen LogP contribution is 2.34. The van der Waals surface area contributed by atoms with Gasteiger partial charge in [-0.15, -0.1) is 0 Å². The fraction of sp³-hybridized carbons (Fsp3) is 0.179. The third-order valence-corrected chi connectivity index (χ3v) is 8.35. The number of nitrogens with zero attached hydrogens (tertiary/aromatic N) is 3. The standard InChI is InChI=1S/C39H37N5O7/c1-43(23-26-11-14-31(34(19-26)48-2)44-18-16-40-24-44)17-15-25-9-12-27(13-10-25)41-38(46)29-20-35(49-3)36(50-4)21-30(29)42-39(47)37-22-32(45)28-7-5-6-8-33(28)51-37/h5-14,16,18-22,24H,15,17,23H2,1-4H3,(H,41,46)(H,42,47). The molecule has 260 valence electrons. The Labute approximate surface area is 294 Å². The fourth-order valence-electron chi connectivity index (χ4n) is 5.67. The monoisotopic (exact) mass is 687 g/mol. The lowest BCUT2D eigenvalue weighted by molar-refractivity contribution is 0.0997. The Kier molecular flexibility index (Phi) is 10.4. The lowest BCUT2D eigenvalue weighted by atomic mass is 10.1. The number of aromatic nitrogens is 2. The predicted molar refractivity (Wildman–Crippen MR) is 195 cm³/mol. The van der Waals surface area contributed by atoms with Crippen molar-refractivity contribution in [2.24, 2.45) is 0 Å². The molecule has 6 rings (SSSR count). The van der Waals surface area contributed by atoms with Crippen molar-refractivity contribution in [1.82, 2.24) is 14.5 Å². The number of hydrogen-bond donors (Lipinski definition) is 2. The van der Waals surface area contributed by atoms with E-state index in [9.17, 15) is 14.4 Å². The largest absolute Gasteiger partial charge is 0.495 e. The van der Waals surface area contributed by atoms with Crippen LogP contribution in [-0.2, 0) is 13.0 Å². The van der Waals surface area contributed by atoms with Crippen LogP contribution in [0.2, 0.25) is 0 Å². The summed E-state index contributed by atoms with van der Waals surface area (Å²) in [6.45, 7) is 1.55. The Hall–Kier alpha value is -6.40. The molecule has 0 bridgehead atoms. The number of benzene rings is 4. The number of hydrogen-bond acceptors (Lipinski definition) is 9. The highest BCUT2D eigenvalue weighted by molar-refractivity contribution is 6.12. The molecule has 0 saturated heterocycles. The predicted octanol–water partition coefficient (Wildman–Crippen LogP) is 6.18. The van der Waals surface area contributed by atoms with Crippen molar-refractivity contribution in [3.63, 3.8) is 0 Å². The van der Waals surface area contributed by atoms with E-state index in [2.05, 4.69) is 33.6 Å². The summed E-state index contributed by atoms with van der Waals surface area (Å²) in [5.74, 6) is -0.0387. The maximum atomic E-state index is 13.6. The molecule has 0 unspecified atom stereocenters. The summed E-state index contributed by atoms with van der Waals surface area (Å²) < 4.78 is 24.1. The number of rotatable bonds is 13. The molecule has 0 atom stereocenters. The Morgan fingerprint density at radius 2 is 1.55 bits per heavy atom. The van der Waals surface area contributed by atoms with Gasteiger partial charge in [0.15, 0.2) is 22.7 Å². The highest BCUT2D eigenvalue weighted by atomic mass is 16.5. The number of carbonyl (C=O) groups excluding carboxylic acids is 2. The number of imidazole rings is 1. The zero-order valence-electron chi connectivity index (χ0n) is 28.6. The van der Waals surface area contributed by atoms with Gasteiger partial charge in [-0.25, -0.2) is 4.98 Å². The summed E-state index contributed by atoms with van der Waals surface area (Å²) in [4.78, 5) is 45.8. The van der Waals surface area contributed by atoms with Crippen molar-refractivity contribution in [2.75, 3.05) is 45.6 Å². The van der Waals surface area contributed by atoms with Crippen LogP contribution in [0, 0.1) is 0 Å². The summed E-state index contributed by atoms with van der Waals surface area (Å²) in [6, 6.07) is 24.5. The number of ether oxygens (including phenoxy) is 3. The van der Waals surface area contributed by atoms with Crippen molar-refractivity contribution < 1.29 is 28.2 Å². The van der Waals surface area contributed by atoms with Crippen LogP contribution in [0.5, 0.6) is 17.2 Å². The number of para-hydroxylation sites is 1. The maximum Gasteiger partial charge on any atom is 0.291 e. The molecule has 2 aromatic heterocycles. The number of fused-ring (bicyclic) bond motifs is 1. The Morgan fingerprint density at radius 3 is 2.27 bits per heavy atom. The number of anilines is 2. The minimum atomic E-state index is -0.709. The molecule has 0 aliphatic carbocycles. The highest BCUT2D eigenvalue weighted by Gasteiger charge is 2.21. The second-order valence-electron chi connectivity index (χ2n) is 11.8. The first-order valence-electron chi connectivity index (χ1n) is 16.1. The van der Waals surface area contributed by atoms with E-state index in [4.69, 9.17) is 18.6 Å². The van der Waals surface area contributed by atoms with Gasteiger partial charge in [0.25, 0.3) is 11.8 Å². The van der Waals surface area contributed by atoms with Crippen LogP contribution in [-0.4, -0.2) is 61.2 Å². The fourth-order valence-corrected chi connectivity index (χ4v) is 5.67. The number of methoxy groups -OCH3 is 3. The second-order valence-corrected chi connectivity index (χ2v) is 11.8. The van der Waals surface area contributed by atoms with Crippen LogP contribution < -0.4 is 30.3 Å². The van der Waals surface area contributed by atoms with Crippen molar-refractivity contribution in [1.29, 1.82) is 0 Å². The zero-order valence-corrected chi connectivity index (χ0v) is 28.6. The van der Waals surface area contributed by atoms with Gasteiger partial charge in [0.2, 0.25) is 0 Å². The third-order valence-electron chi connectivity index (χ3n) is 8.35. The van der Waals surface area contributed by atoms with Gasteiger partial charge in [-0.05, 0) is 67.1 Å². The van der Waals surface area contributed by atoms with Crippen molar-refractivity contribution >= 4 is 34.2 Å². The molecule has 0 aliphatic rings. The first-order chi connectivity index (χ1) is 24.8. The Morgan fingerprint density at radius 1 is 0.824 bits per heavy atom. The van der Waals surface area contributed by atoms with E-state index >= 15 is 0 Å². The van der Waals surface area contributed by atoms with Gasteiger partial charge in [-0.3, -0.25) is 14.4 Å². The summed E-state index contributed by atoms with van der Waals surface area (Å²) in [7, 11) is 6.63. The molecular formula is C39H37N5O7. The molecular weight excluding hydrogens is 650 g/mol. The lowest BCUT2D eigenvalue weighted by Crippen LogP contribution is -2.21. The third kappa shape index (κ3) is 7.92. The molecule has 2 N–H and O–H groups in total. The van der Waals surface area contributed by atoms with Crippen LogP contribution in [0.3, 0.4) is 0 Å². The molecule has 12 nitrogen and oxygen atoms in total. The van der Waals surface area contributed by atoms with E-state index < -0.39 is 11.8 Å². The number of likely N-dealkylation sites (N-methyl/N-ethyl adjacent to an activating group) is 1. The molecule has 2 amide bonds. The summed E-state index contributed by atoms with van der Waals surface area (Å²) in [5.41, 5.74) is 3.89. The normalized spacial score (nSPS) is 11.0. The van der Waals surface area contributed by atoms with E-state index in [1.807, 2.05) is 47.2 Å². The van der Waals surface area contributed by atoms with Crippen LogP contribution in [0.1, 0.15) is 32.0 Å². The number of carbonyl (C=O) groups is 2. The quantitative estimate of drug-likeness (QED) is 0.146. The minimum absolute atomic E-state index is 0.115. The average Bonchev–Trinajstić information content (AvgIpc) is 3.69. The van der Waals surface area contributed by atoms with E-state index in [0.717, 1.165) is 48.1 Å². The van der Waals surface area contributed by atoms with Crippen LogP contribution in [0.4, 0.5) is 11.4 Å². The van der Waals surface area contributed by atoms with E-state index in [-0.39, 0.29) is 28.0 Å². The zero-order chi connectivity index (χ0) is 35.9. The van der Waals surface area contributed by atoms with Crippen LogP contribution in [0.25, 0.3) is 16.7 Å². The number of amides is 2. The first-order valence-corrected chi connectivity index (χ1v) is 16.1. The minimum Gasteiger partial charge on any atom is -0.495 e. The van der Waals surface area contributed by atoms with E-state index in [1.165, 1.54) is 26.4 Å². The molecule has 12 heteroatoms. The molecule has 0 fully saturated rings. The van der Waals surface area contributed by atoms with Crippen LogP contribution >= 0.6 is 0 Å². The van der Waals surface area contributed by atoms with Gasteiger partial charge in [0, 0.05) is 43.3 Å². The summed E-state index contributed by atoms with van der Waals surface area (Å²) >= 11 is 0. The van der Waals surface area contributed by atoms with Gasteiger partial charge in [-0.1, -0.05) is 30.3 Å². The van der Waals surface area contributed by atoms with Gasteiger partial charge >= 0.3 is 0 Å². The maximum absolute atomic E-state index is 13.6. The molecule has 2 heterocycles. The summed E-state index contributed by atoms with van der Waals surface area (Å²) in [6.07, 6.45) is 6.15. The second kappa shape index (κ2) is 15.4. The first kappa shape index (κ1) is 34.5. The van der Waals surface area contributed by atoms with Crippen molar-refractivity contribution in [3.8, 4) is 22.9 Å². The van der Waals surface area contributed by atoms with Gasteiger partial charge in [0.1, 0.15) is 11.3 Å². The molecule has 0 aliphatic heterocycles. The molecule has 6 aromatic rings. The molecule has 4 aromatic carbocycles. The Balaban J connectivity index is 1.11. The van der Waals surface area contributed by atoms with Gasteiger partial charge < -0.3 is 38.7 Å². The Bertz CT molecular complexity index is 2230. The number of nitrogens with one attached hydrogen (secondary N) is 2. The SMILES string of the molecule is COc1cc(NC(=O)c2cc(=O)c3ccccc3o2)c(C(=O)Nc2ccc(CCN(C)Cc3ccc(-n4ccnc4)c(OC)c3)cc2)cc1OC. The average molecular weight is 688 g/mol. The molecule has 0 spiro atoms. The summed E-state index contributed by atoms with van der Waals surface area (Å²) in [5, 5.41) is 5.95. The smallest absolute Gasteiger partial charge is 0.291 e. The van der Waals surface area contributed by atoms with Crippen molar-refractivity contribution in [2.45, 2.75) is 13.0 Å².